The van der Waals surface area contributed by atoms with Crippen LogP contribution in [0.25, 0.3) is 4.96 Å². The highest BCUT2D eigenvalue weighted by Crippen LogP contribution is 2.12. The summed E-state index contributed by atoms with van der Waals surface area (Å²) in [6.07, 6.45) is 5.53. The van der Waals surface area contributed by atoms with Crippen LogP contribution in [-0.4, -0.2) is 51.8 Å². The third-order valence-electron chi connectivity index (χ3n) is 4.07. The molecule has 2 aromatic heterocycles. The summed E-state index contributed by atoms with van der Waals surface area (Å²) in [5.74, 6) is 1.00. The summed E-state index contributed by atoms with van der Waals surface area (Å²) in [6.45, 7) is 6.86. The zero-order chi connectivity index (χ0) is 16.9. The maximum Gasteiger partial charge on any atom is 0.222 e. The van der Waals surface area contributed by atoms with Gasteiger partial charge in [-0.15, -0.1) is 11.3 Å². The molecule has 3 rings (SSSR count). The van der Waals surface area contributed by atoms with Crippen LogP contribution in [0.5, 0.6) is 0 Å². The van der Waals surface area contributed by atoms with E-state index in [1.54, 1.807) is 11.3 Å². The van der Waals surface area contributed by atoms with Crippen LogP contribution in [-0.2, 0) is 11.3 Å². The number of thiazole rings is 1. The van der Waals surface area contributed by atoms with Gasteiger partial charge in [-0.3, -0.25) is 9.20 Å². The highest BCUT2D eigenvalue weighted by Gasteiger charge is 2.25. The minimum absolute atomic E-state index is 0.222. The van der Waals surface area contributed by atoms with Crippen molar-refractivity contribution in [3.63, 3.8) is 0 Å². The van der Waals surface area contributed by atoms with Crippen molar-refractivity contribution in [3.05, 3.63) is 23.5 Å². The van der Waals surface area contributed by atoms with Crippen molar-refractivity contribution in [2.75, 3.05) is 19.6 Å². The molecule has 1 unspecified atom stereocenters. The first-order valence-corrected chi connectivity index (χ1v) is 9.31. The normalized spacial score (nSPS) is 18.3. The molecule has 0 saturated carbocycles. The number of carbonyl (C=O) groups is 1. The van der Waals surface area contributed by atoms with Gasteiger partial charge in [-0.05, 0) is 13.3 Å². The van der Waals surface area contributed by atoms with E-state index in [-0.39, 0.29) is 11.9 Å². The molecule has 1 aliphatic rings. The molecular formula is C16H24N6OS. The number of carbonyl (C=O) groups excluding carboxylic acids is 1. The molecule has 0 bridgehead atoms. The van der Waals surface area contributed by atoms with E-state index in [9.17, 15) is 4.79 Å². The standard InChI is InChI=1S/C16H24N6OS/c1-3-14(23)21-6-5-12(10-21)19-15(17-4-2)18-9-13-11-22-7-8-24-16(22)20-13/h7-8,11-12H,3-6,9-10H2,1-2H3,(H2,17,18,19). The Balaban J connectivity index is 1.59. The molecular weight excluding hydrogens is 324 g/mol. The van der Waals surface area contributed by atoms with Gasteiger partial charge >= 0.3 is 0 Å². The second kappa shape index (κ2) is 7.65. The van der Waals surface area contributed by atoms with Gasteiger partial charge in [-0.2, -0.15) is 0 Å². The lowest BCUT2D eigenvalue weighted by atomic mass is 10.3. The Morgan fingerprint density at radius 2 is 2.38 bits per heavy atom. The lowest BCUT2D eigenvalue weighted by Gasteiger charge is -2.18. The molecule has 0 aliphatic carbocycles. The molecule has 1 saturated heterocycles. The number of amides is 1. The number of rotatable bonds is 5. The molecule has 0 spiro atoms. The Morgan fingerprint density at radius 3 is 3.12 bits per heavy atom. The molecule has 7 nitrogen and oxygen atoms in total. The van der Waals surface area contributed by atoms with Gasteiger partial charge in [0.15, 0.2) is 10.9 Å². The number of likely N-dealkylation sites (tertiary alicyclic amines) is 1. The van der Waals surface area contributed by atoms with Crippen molar-refractivity contribution in [2.24, 2.45) is 4.99 Å². The number of imidazole rings is 1. The topological polar surface area (TPSA) is 74.0 Å². The van der Waals surface area contributed by atoms with Gasteiger partial charge in [0, 0.05) is 49.9 Å². The third kappa shape index (κ3) is 3.87. The first-order chi connectivity index (χ1) is 11.7. The summed E-state index contributed by atoms with van der Waals surface area (Å²) in [5.41, 5.74) is 0.952. The molecule has 1 atom stereocenters. The van der Waals surface area contributed by atoms with Gasteiger partial charge in [0.2, 0.25) is 5.91 Å². The quantitative estimate of drug-likeness (QED) is 0.634. The molecule has 2 N–H and O–H groups in total. The average Bonchev–Trinajstić information content (AvgIpc) is 3.27. The molecule has 3 heterocycles. The third-order valence-corrected chi connectivity index (χ3v) is 4.84. The summed E-state index contributed by atoms with van der Waals surface area (Å²) in [4.78, 5) is 23.9. The van der Waals surface area contributed by atoms with Crippen molar-refractivity contribution in [1.82, 2.24) is 24.9 Å². The summed E-state index contributed by atoms with van der Waals surface area (Å²) < 4.78 is 2.01. The number of aromatic nitrogens is 2. The van der Waals surface area contributed by atoms with E-state index in [1.807, 2.05) is 40.9 Å². The van der Waals surface area contributed by atoms with Crippen molar-refractivity contribution >= 4 is 28.2 Å². The minimum atomic E-state index is 0.222. The zero-order valence-corrected chi connectivity index (χ0v) is 15.0. The molecule has 1 aliphatic heterocycles. The Kier molecular flexibility index (Phi) is 5.34. The molecule has 24 heavy (non-hydrogen) atoms. The van der Waals surface area contributed by atoms with E-state index in [4.69, 9.17) is 0 Å². The van der Waals surface area contributed by atoms with Crippen molar-refractivity contribution < 1.29 is 4.79 Å². The van der Waals surface area contributed by atoms with E-state index in [1.165, 1.54) is 0 Å². The monoisotopic (exact) mass is 348 g/mol. The molecule has 2 aromatic rings. The number of nitrogens with one attached hydrogen (secondary N) is 2. The van der Waals surface area contributed by atoms with Crippen LogP contribution in [0, 0.1) is 0 Å². The van der Waals surface area contributed by atoms with Crippen LogP contribution in [0.4, 0.5) is 0 Å². The van der Waals surface area contributed by atoms with Crippen LogP contribution in [0.1, 0.15) is 32.4 Å². The number of hydrogen-bond donors (Lipinski definition) is 2. The molecule has 8 heteroatoms. The van der Waals surface area contributed by atoms with Gasteiger partial charge in [-0.1, -0.05) is 6.92 Å². The zero-order valence-electron chi connectivity index (χ0n) is 14.2. The van der Waals surface area contributed by atoms with Crippen LogP contribution in [0.15, 0.2) is 22.8 Å². The van der Waals surface area contributed by atoms with Gasteiger partial charge in [0.1, 0.15) is 0 Å². The summed E-state index contributed by atoms with van der Waals surface area (Å²) >= 11 is 1.62. The number of guanidine groups is 1. The fourth-order valence-electron chi connectivity index (χ4n) is 2.85. The van der Waals surface area contributed by atoms with Gasteiger partial charge in [0.25, 0.3) is 0 Å². The van der Waals surface area contributed by atoms with E-state index in [2.05, 4.69) is 20.6 Å². The number of hydrogen-bond acceptors (Lipinski definition) is 4. The van der Waals surface area contributed by atoms with Crippen LogP contribution in [0.3, 0.4) is 0 Å². The second-order valence-electron chi connectivity index (χ2n) is 5.84. The fraction of sp³-hybridized carbons (Fsp3) is 0.562. The van der Waals surface area contributed by atoms with E-state index in [0.29, 0.717) is 13.0 Å². The fourth-order valence-corrected chi connectivity index (χ4v) is 3.57. The maximum absolute atomic E-state index is 11.8. The van der Waals surface area contributed by atoms with Crippen LogP contribution in [0.2, 0.25) is 0 Å². The van der Waals surface area contributed by atoms with E-state index >= 15 is 0 Å². The first kappa shape index (κ1) is 16.8. The van der Waals surface area contributed by atoms with E-state index in [0.717, 1.165) is 42.7 Å². The van der Waals surface area contributed by atoms with Gasteiger partial charge in [0.05, 0.1) is 12.2 Å². The Labute approximate surface area is 145 Å². The first-order valence-electron chi connectivity index (χ1n) is 8.43. The van der Waals surface area contributed by atoms with Gasteiger partial charge < -0.3 is 15.5 Å². The molecule has 1 fully saturated rings. The van der Waals surface area contributed by atoms with Crippen molar-refractivity contribution in [1.29, 1.82) is 0 Å². The average molecular weight is 348 g/mol. The molecule has 0 radical (unpaired) electrons. The minimum Gasteiger partial charge on any atom is -0.357 e. The van der Waals surface area contributed by atoms with Crippen molar-refractivity contribution in [3.8, 4) is 0 Å². The second-order valence-corrected chi connectivity index (χ2v) is 6.72. The highest BCUT2D eigenvalue weighted by atomic mass is 32.1. The molecule has 1 amide bonds. The smallest absolute Gasteiger partial charge is 0.222 e. The summed E-state index contributed by atoms with van der Waals surface area (Å²) in [7, 11) is 0. The van der Waals surface area contributed by atoms with Crippen LogP contribution < -0.4 is 10.6 Å². The Morgan fingerprint density at radius 1 is 1.50 bits per heavy atom. The van der Waals surface area contributed by atoms with E-state index < -0.39 is 0 Å². The molecule has 130 valence electrons. The van der Waals surface area contributed by atoms with Gasteiger partial charge in [-0.25, -0.2) is 9.98 Å². The lowest BCUT2D eigenvalue weighted by molar-refractivity contribution is -0.129. The predicted octanol–water partition coefficient (Wildman–Crippen LogP) is 1.46. The maximum atomic E-state index is 11.8. The number of nitrogens with zero attached hydrogens (tertiary/aromatic N) is 4. The largest absolute Gasteiger partial charge is 0.357 e. The number of fused-ring (bicyclic) bond motifs is 1. The number of aliphatic imine (C=N–C) groups is 1. The lowest BCUT2D eigenvalue weighted by Crippen LogP contribution is -2.45. The highest BCUT2D eigenvalue weighted by molar-refractivity contribution is 7.15. The Hall–Kier alpha value is -2.09. The predicted molar refractivity (Wildman–Crippen MR) is 96.3 cm³/mol. The SMILES string of the molecule is CCNC(=NCc1cn2ccsc2n1)NC1CCN(C(=O)CC)C1. The van der Waals surface area contributed by atoms with Crippen LogP contribution >= 0.6 is 11.3 Å². The molecule has 0 aromatic carbocycles. The Bertz CT molecular complexity index is 693. The van der Waals surface area contributed by atoms with Crippen molar-refractivity contribution in [2.45, 2.75) is 39.3 Å². The summed E-state index contributed by atoms with van der Waals surface area (Å²) in [5, 5.41) is 8.72. The summed E-state index contributed by atoms with van der Waals surface area (Å²) in [6, 6.07) is 0.254.